The number of benzene rings is 1. The van der Waals surface area contributed by atoms with Crippen molar-refractivity contribution in [2.45, 2.75) is 26.8 Å². The van der Waals surface area contributed by atoms with Crippen LogP contribution in [0.3, 0.4) is 0 Å². The van der Waals surface area contributed by atoms with Crippen LogP contribution < -0.4 is 16.8 Å². The van der Waals surface area contributed by atoms with Gasteiger partial charge in [-0.2, -0.15) is 0 Å². The topological polar surface area (TPSA) is 138 Å². The molecule has 0 spiro atoms. The van der Waals surface area contributed by atoms with Gasteiger partial charge in [0.25, 0.3) is 5.91 Å². The van der Waals surface area contributed by atoms with E-state index >= 15 is 0 Å². The molecular formula is C20H24FN5O2. The Balaban J connectivity index is 2.49. The molecule has 8 heteroatoms. The molecule has 0 bridgehead atoms. The van der Waals surface area contributed by atoms with E-state index in [0.29, 0.717) is 5.69 Å². The molecule has 1 atom stereocenters. The average Bonchev–Trinajstić information content (AvgIpc) is 3.11. The summed E-state index contributed by atoms with van der Waals surface area (Å²) >= 11 is 0. The van der Waals surface area contributed by atoms with Crippen molar-refractivity contribution in [2.75, 3.05) is 0 Å². The summed E-state index contributed by atoms with van der Waals surface area (Å²) in [5.41, 5.74) is 12.2. The summed E-state index contributed by atoms with van der Waals surface area (Å²) in [5.74, 6) is -1.65. The van der Waals surface area contributed by atoms with E-state index in [-0.39, 0.29) is 17.1 Å². The Morgan fingerprint density at radius 3 is 2.32 bits per heavy atom. The summed E-state index contributed by atoms with van der Waals surface area (Å²) in [6.07, 6.45) is 2.55. The van der Waals surface area contributed by atoms with E-state index in [9.17, 15) is 14.0 Å². The van der Waals surface area contributed by atoms with Gasteiger partial charge in [-0.15, -0.1) is 0 Å². The maximum atomic E-state index is 13.2. The molecule has 1 aromatic heterocycles. The molecule has 2 amide bonds. The zero-order valence-corrected chi connectivity index (χ0v) is 16.0. The number of hydrogen-bond donors (Lipinski definition) is 5. The second kappa shape index (κ2) is 8.08. The van der Waals surface area contributed by atoms with Gasteiger partial charge in [0.1, 0.15) is 5.82 Å². The van der Waals surface area contributed by atoms with Gasteiger partial charge < -0.3 is 27.2 Å². The first-order valence-corrected chi connectivity index (χ1v) is 8.63. The molecule has 0 aliphatic rings. The number of amides is 2. The van der Waals surface area contributed by atoms with Crippen LogP contribution in [0, 0.1) is 16.6 Å². The van der Waals surface area contributed by atoms with Crippen molar-refractivity contribution in [1.82, 2.24) is 10.3 Å². The number of hydrogen-bond acceptors (Lipinski definition) is 4. The molecule has 1 heterocycles. The predicted molar refractivity (Wildman–Crippen MR) is 107 cm³/mol. The average molecular weight is 385 g/mol. The van der Waals surface area contributed by atoms with E-state index in [1.54, 1.807) is 45.2 Å². The van der Waals surface area contributed by atoms with Crippen LogP contribution in [0.5, 0.6) is 0 Å². The van der Waals surface area contributed by atoms with E-state index in [0.717, 1.165) is 17.3 Å². The molecule has 0 saturated heterocycles. The predicted octanol–water partition coefficient (Wildman–Crippen LogP) is 2.16. The van der Waals surface area contributed by atoms with E-state index in [1.807, 2.05) is 0 Å². The van der Waals surface area contributed by atoms with Crippen molar-refractivity contribution >= 4 is 23.7 Å². The highest BCUT2D eigenvalue weighted by molar-refractivity contribution is 6.16. The quantitative estimate of drug-likeness (QED) is 0.351. The Kier molecular flexibility index (Phi) is 6.03. The molecule has 2 rings (SSSR count). The first kappa shape index (κ1) is 20.9. The highest BCUT2D eigenvalue weighted by atomic mass is 19.1. The molecule has 2 aromatic rings. The molecule has 0 fully saturated rings. The summed E-state index contributed by atoms with van der Waals surface area (Å²) in [5, 5.41) is 10.7. The number of carbonyl (C=O) groups is 2. The summed E-state index contributed by atoms with van der Waals surface area (Å²) in [4.78, 5) is 26.6. The lowest BCUT2D eigenvalue weighted by Gasteiger charge is -2.31. The minimum atomic E-state index is -0.928. The van der Waals surface area contributed by atoms with Gasteiger partial charge in [0.15, 0.2) is 0 Å². The number of halogens is 1. The van der Waals surface area contributed by atoms with Crippen LogP contribution in [0.25, 0.3) is 16.8 Å². The van der Waals surface area contributed by atoms with E-state index in [2.05, 4.69) is 10.3 Å². The number of H-pyrrole nitrogens is 1. The summed E-state index contributed by atoms with van der Waals surface area (Å²) < 4.78 is 13.2. The zero-order valence-electron chi connectivity index (χ0n) is 16.0. The van der Waals surface area contributed by atoms with E-state index in [4.69, 9.17) is 16.9 Å². The molecule has 148 valence electrons. The summed E-state index contributed by atoms with van der Waals surface area (Å²) in [7, 11) is 0. The van der Waals surface area contributed by atoms with E-state index < -0.39 is 23.3 Å². The summed E-state index contributed by atoms with van der Waals surface area (Å²) in [6.45, 7) is 5.10. The lowest BCUT2D eigenvalue weighted by molar-refractivity contribution is -0.127. The van der Waals surface area contributed by atoms with Gasteiger partial charge in [0.05, 0.1) is 22.4 Å². The Morgan fingerprint density at radius 2 is 1.82 bits per heavy atom. The first-order chi connectivity index (χ1) is 13.1. The largest absolute Gasteiger partial charge is 0.379 e. The van der Waals surface area contributed by atoms with Gasteiger partial charge in [-0.1, -0.05) is 12.1 Å². The number of carbonyl (C=O) groups excluding carboxylic acids is 2. The molecule has 0 aliphatic carbocycles. The fourth-order valence-corrected chi connectivity index (χ4v) is 2.53. The van der Waals surface area contributed by atoms with Gasteiger partial charge >= 0.3 is 0 Å². The molecular weight excluding hydrogens is 361 g/mol. The minimum Gasteiger partial charge on any atom is -0.379 e. The van der Waals surface area contributed by atoms with Crippen LogP contribution in [0.1, 0.15) is 26.5 Å². The number of nitrogens with two attached hydrogens (primary N) is 2. The van der Waals surface area contributed by atoms with Gasteiger partial charge in [0, 0.05) is 18.5 Å². The molecule has 7 nitrogen and oxygen atoms in total. The molecule has 0 saturated carbocycles. The lowest BCUT2D eigenvalue weighted by Crippen LogP contribution is -2.47. The van der Waals surface area contributed by atoms with Crippen molar-refractivity contribution in [2.24, 2.45) is 16.9 Å². The maximum absolute atomic E-state index is 13.2. The molecule has 0 aliphatic heterocycles. The Hall–Kier alpha value is -3.42. The Bertz CT molecular complexity index is 928. The van der Waals surface area contributed by atoms with Gasteiger partial charge in [0.2, 0.25) is 5.91 Å². The van der Waals surface area contributed by atoms with Crippen molar-refractivity contribution in [1.29, 1.82) is 5.41 Å². The maximum Gasteiger partial charge on any atom is 0.252 e. The molecule has 28 heavy (non-hydrogen) atoms. The Labute approximate surface area is 162 Å². The normalized spacial score (nSPS) is 13.4. The van der Waals surface area contributed by atoms with Crippen LogP contribution in [0.15, 0.2) is 42.1 Å². The van der Waals surface area contributed by atoms with Crippen LogP contribution in [0.2, 0.25) is 0 Å². The number of primary amides is 2. The van der Waals surface area contributed by atoms with Crippen molar-refractivity contribution in [3.63, 3.8) is 0 Å². The van der Waals surface area contributed by atoms with Crippen LogP contribution in [-0.4, -0.2) is 29.1 Å². The first-order valence-electron chi connectivity index (χ1n) is 8.63. The molecule has 7 N–H and O–H groups in total. The summed E-state index contributed by atoms with van der Waals surface area (Å²) in [6, 6.07) is 7.23. The van der Waals surface area contributed by atoms with Gasteiger partial charge in [-0.3, -0.25) is 9.59 Å². The standard InChI is InChI=1S/C20H24FN5O2/c1-11(20(2,3)19(24)28)26-17(15(9-22)18(23)27)16-8-13(10-25-16)12-4-6-14(21)7-5-12/h4-11,22,25-26H,1-3H3,(H2,23,27)(H2,24,28)/b17-15-,22-9?. The SMILES string of the molecule is CC(N/C(=C(/C=N)C(N)=O)c1cc(-c2ccc(F)cc2)c[nH]1)C(C)(C)C(N)=O. The third kappa shape index (κ3) is 4.28. The molecule has 1 aromatic carbocycles. The number of rotatable bonds is 8. The Morgan fingerprint density at radius 1 is 1.21 bits per heavy atom. The van der Waals surface area contributed by atoms with Crippen molar-refractivity contribution in [3.8, 4) is 11.1 Å². The fourth-order valence-electron chi connectivity index (χ4n) is 2.53. The van der Waals surface area contributed by atoms with Crippen molar-refractivity contribution in [3.05, 3.63) is 53.6 Å². The van der Waals surface area contributed by atoms with Gasteiger partial charge in [-0.05, 0) is 50.1 Å². The highest BCUT2D eigenvalue weighted by Crippen LogP contribution is 2.27. The minimum absolute atomic E-state index is 0.0559. The van der Waals surface area contributed by atoms with Crippen LogP contribution in [0.4, 0.5) is 4.39 Å². The molecule has 0 radical (unpaired) electrons. The second-order valence-corrected chi connectivity index (χ2v) is 7.06. The third-order valence-electron chi connectivity index (χ3n) is 4.89. The number of nitrogens with one attached hydrogen (secondary N) is 3. The highest BCUT2D eigenvalue weighted by Gasteiger charge is 2.33. The number of aromatic nitrogens is 1. The smallest absolute Gasteiger partial charge is 0.252 e. The molecule has 1 unspecified atom stereocenters. The zero-order chi connectivity index (χ0) is 21.1. The van der Waals surface area contributed by atoms with Crippen molar-refractivity contribution < 1.29 is 14.0 Å². The fraction of sp³-hybridized carbons (Fsp3) is 0.250. The van der Waals surface area contributed by atoms with Crippen LogP contribution >= 0.6 is 0 Å². The monoisotopic (exact) mass is 385 g/mol. The van der Waals surface area contributed by atoms with E-state index in [1.165, 1.54) is 12.1 Å². The van der Waals surface area contributed by atoms with Crippen LogP contribution in [-0.2, 0) is 9.59 Å². The lowest BCUT2D eigenvalue weighted by atomic mass is 9.84. The van der Waals surface area contributed by atoms with Gasteiger partial charge in [-0.25, -0.2) is 4.39 Å². The number of aromatic amines is 1. The second-order valence-electron chi connectivity index (χ2n) is 7.06. The third-order valence-corrected chi connectivity index (χ3v) is 4.89.